The summed E-state index contributed by atoms with van der Waals surface area (Å²) in [6, 6.07) is 14.2. The maximum Gasteiger partial charge on any atom is 0.161 e. The fraction of sp³-hybridized carbons (Fsp3) is 0.0556. The Labute approximate surface area is 127 Å². The monoisotopic (exact) mass is 293 g/mol. The van der Waals surface area contributed by atoms with Crippen molar-refractivity contribution in [1.82, 2.24) is 4.98 Å². The second kappa shape index (κ2) is 5.77. The first-order valence-electron chi connectivity index (χ1n) is 6.81. The number of benzene rings is 2. The van der Waals surface area contributed by atoms with E-state index >= 15 is 0 Å². The van der Waals surface area contributed by atoms with Crippen LogP contribution in [-0.4, -0.2) is 22.3 Å². The SMILES string of the molecule is COc1cc(C=Cc2ccc3cccc(O)c3n2)ccc1O. The van der Waals surface area contributed by atoms with Gasteiger partial charge in [-0.25, -0.2) is 4.98 Å². The van der Waals surface area contributed by atoms with E-state index in [9.17, 15) is 10.2 Å². The molecule has 22 heavy (non-hydrogen) atoms. The van der Waals surface area contributed by atoms with Crippen molar-refractivity contribution in [3.63, 3.8) is 0 Å². The summed E-state index contributed by atoms with van der Waals surface area (Å²) in [5.74, 6) is 0.693. The Bertz CT molecular complexity index is 856. The van der Waals surface area contributed by atoms with Gasteiger partial charge in [0.2, 0.25) is 0 Å². The van der Waals surface area contributed by atoms with Crippen molar-refractivity contribution in [1.29, 1.82) is 0 Å². The minimum absolute atomic E-state index is 0.105. The topological polar surface area (TPSA) is 62.6 Å². The molecule has 110 valence electrons. The largest absolute Gasteiger partial charge is 0.506 e. The third kappa shape index (κ3) is 2.72. The highest BCUT2D eigenvalue weighted by Gasteiger charge is 2.02. The lowest BCUT2D eigenvalue weighted by Gasteiger charge is -2.04. The zero-order valence-electron chi connectivity index (χ0n) is 12.0. The molecule has 1 heterocycles. The first-order valence-corrected chi connectivity index (χ1v) is 6.81. The van der Waals surface area contributed by atoms with Crippen LogP contribution in [0.15, 0.2) is 48.5 Å². The molecule has 0 aliphatic heterocycles. The van der Waals surface area contributed by atoms with Gasteiger partial charge in [0.15, 0.2) is 11.5 Å². The Morgan fingerprint density at radius 3 is 2.64 bits per heavy atom. The lowest BCUT2D eigenvalue weighted by Crippen LogP contribution is -1.85. The molecule has 0 radical (unpaired) electrons. The molecular formula is C18H15NO3. The van der Waals surface area contributed by atoms with Gasteiger partial charge in [0.05, 0.1) is 12.8 Å². The minimum atomic E-state index is 0.105. The van der Waals surface area contributed by atoms with Crippen LogP contribution in [0, 0.1) is 0 Å². The van der Waals surface area contributed by atoms with Crippen molar-refractivity contribution in [3.05, 3.63) is 59.8 Å². The predicted molar refractivity (Wildman–Crippen MR) is 87.0 cm³/mol. The highest BCUT2D eigenvalue weighted by molar-refractivity contribution is 5.85. The molecule has 1 aromatic heterocycles. The van der Waals surface area contributed by atoms with E-state index in [0.717, 1.165) is 16.6 Å². The summed E-state index contributed by atoms with van der Waals surface area (Å²) in [6.07, 6.45) is 3.72. The third-order valence-corrected chi connectivity index (χ3v) is 3.37. The molecule has 0 aliphatic rings. The smallest absolute Gasteiger partial charge is 0.161 e. The Kier molecular flexibility index (Phi) is 3.66. The third-order valence-electron chi connectivity index (χ3n) is 3.37. The normalized spacial score (nSPS) is 11.1. The van der Waals surface area contributed by atoms with Crippen LogP contribution in [0.4, 0.5) is 0 Å². The van der Waals surface area contributed by atoms with Crippen LogP contribution in [0.3, 0.4) is 0 Å². The number of methoxy groups -OCH3 is 1. The van der Waals surface area contributed by atoms with Crippen molar-refractivity contribution in [2.45, 2.75) is 0 Å². The van der Waals surface area contributed by atoms with Gasteiger partial charge >= 0.3 is 0 Å². The summed E-state index contributed by atoms with van der Waals surface area (Å²) in [7, 11) is 1.51. The van der Waals surface area contributed by atoms with Crippen LogP contribution in [0.2, 0.25) is 0 Å². The van der Waals surface area contributed by atoms with Gasteiger partial charge in [-0.15, -0.1) is 0 Å². The number of nitrogens with zero attached hydrogens (tertiary/aromatic N) is 1. The van der Waals surface area contributed by atoms with Gasteiger partial charge in [-0.3, -0.25) is 0 Å². The van der Waals surface area contributed by atoms with Gasteiger partial charge in [-0.1, -0.05) is 30.3 Å². The number of aromatic hydroxyl groups is 2. The standard InChI is InChI=1S/C18H15NO3/c1-22-17-11-12(6-10-15(17)20)5-8-14-9-7-13-3-2-4-16(21)18(13)19-14/h2-11,20-21H,1H3. The Balaban J connectivity index is 1.94. The Hall–Kier alpha value is -3.01. The molecule has 0 amide bonds. The van der Waals surface area contributed by atoms with Gasteiger partial charge in [-0.05, 0) is 35.9 Å². The van der Waals surface area contributed by atoms with Gasteiger partial charge in [-0.2, -0.15) is 0 Å². The summed E-state index contributed by atoms with van der Waals surface area (Å²) >= 11 is 0. The van der Waals surface area contributed by atoms with E-state index in [1.54, 1.807) is 30.3 Å². The van der Waals surface area contributed by atoms with Crippen molar-refractivity contribution in [2.24, 2.45) is 0 Å². The molecule has 4 nitrogen and oxygen atoms in total. The quantitative estimate of drug-likeness (QED) is 0.770. The number of ether oxygens (including phenoxy) is 1. The molecule has 2 N–H and O–H groups in total. The Morgan fingerprint density at radius 2 is 1.82 bits per heavy atom. The van der Waals surface area contributed by atoms with Gasteiger partial charge < -0.3 is 14.9 Å². The number of hydrogen-bond acceptors (Lipinski definition) is 4. The number of phenolic OH excluding ortho intramolecular Hbond substituents is 2. The summed E-state index contributed by atoms with van der Waals surface area (Å²) in [4.78, 5) is 4.43. The maximum absolute atomic E-state index is 9.85. The van der Waals surface area contributed by atoms with Crippen LogP contribution in [0.1, 0.15) is 11.3 Å². The van der Waals surface area contributed by atoms with Crippen molar-refractivity contribution in [3.8, 4) is 17.2 Å². The van der Waals surface area contributed by atoms with Crippen molar-refractivity contribution >= 4 is 23.1 Å². The van der Waals surface area contributed by atoms with Crippen molar-refractivity contribution < 1.29 is 14.9 Å². The van der Waals surface area contributed by atoms with E-state index in [-0.39, 0.29) is 11.5 Å². The molecule has 0 bridgehead atoms. The minimum Gasteiger partial charge on any atom is -0.506 e. The summed E-state index contributed by atoms with van der Waals surface area (Å²) in [6.45, 7) is 0. The second-order valence-electron chi connectivity index (χ2n) is 4.85. The zero-order valence-corrected chi connectivity index (χ0v) is 12.0. The van der Waals surface area contributed by atoms with E-state index < -0.39 is 0 Å². The molecule has 0 atom stereocenters. The van der Waals surface area contributed by atoms with Crippen LogP contribution in [0.25, 0.3) is 23.1 Å². The van der Waals surface area contributed by atoms with Gasteiger partial charge in [0.1, 0.15) is 11.3 Å². The molecule has 0 saturated heterocycles. The number of phenols is 2. The van der Waals surface area contributed by atoms with Crippen LogP contribution in [-0.2, 0) is 0 Å². The fourth-order valence-corrected chi connectivity index (χ4v) is 2.22. The average Bonchev–Trinajstić information content (AvgIpc) is 2.54. The van der Waals surface area contributed by atoms with Crippen molar-refractivity contribution in [2.75, 3.05) is 7.11 Å². The molecule has 3 aromatic rings. The first kappa shape index (κ1) is 13.9. The summed E-state index contributed by atoms with van der Waals surface area (Å²) in [5.41, 5.74) is 2.20. The molecule has 0 fully saturated rings. The Morgan fingerprint density at radius 1 is 0.955 bits per heavy atom. The van der Waals surface area contributed by atoms with Gasteiger partial charge in [0.25, 0.3) is 0 Å². The highest BCUT2D eigenvalue weighted by Crippen LogP contribution is 2.27. The maximum atomic E-state index is 9.85. The summed E-state index contributed by atoms with van der Waals surface area (Å²) in [5, 5.41) is 20.3. The number of hydrogen-bond donors (Lipinski definition) is 2. The number of rotatable bonds is 3. The highest BCUT2D eigenvalue weighted by atomic mass is 16.5. The van der Waals surface area contributed by atoms with E-state index in [0.29, 0.717) is 11.3 Å². The zero-order chi connectivity index (χ0) is 15.5. The second-order valence-corrected chi connectivity index (χ2v) is 4.85. The molecule has 0 unspecified atom stereocenters. The van der Waals surface area contributed by atoms with E-state index in [1.165, 1.54) is 7.11 Å². The lowest BCUT2D eigenvalue weighted by atomic mass is 10.1. The van der Waals surface area contributed by atoms with Crippen LogP contribution < -0.4 is 4.74 Å². The van der Waals surface area contributed by atoms with E-state index in [2.05, 4.69) is 4.98 Å². The number of fused-ring (bicyclic) bond motifs is 1. The number of pyridine rings is 1. The fourth-order valence-electron chi connectivity index (χ4n) is 2.22. The molecular weight excluding hydrogens is 278 g/mol. The molecule has 3 rings (SSSR count). The molecule has 2 aromatic carbocycles. The molecule has 0 spiro atoms. The van der Waals surface area contributed by atoms with E-state index in [4.69, 9.17) is 4.74 Å². The van der Waals surface area contributed by atoms with Crippen LogP contribution in [0.5, 0.6) is 17.2 Å². The average molecular weight is 293 g/mol. The van der Waals surface area contributed by atoms with Gasteiger partial charge in [0, 0.05) is 5.39 Å². The number of para-hydroxylation sites is 1. The predicted octanol–water partition coefficient (Wildman–Crippen LogP) is 3.83. The molecule has 0 aliphatic carbocycles. The number of aromatic nitrogens is 1. The van der Waals surface area contributed by atoms with E-state index in [1.807, 2.05) is 30.4 Å². The molecule has 0 saturated carbocycles. The summed E-state index contributed by atoms with van der Waals surface area (Å²) < 4.78 is 5.08. The lowest BCUT2D eigenvalue weighted by molar-refractivity contribution is 0.373. The first-order chi connectivity index (χ1) is 10.7. The van der Waals surface area contributed by atoms with Crippen LogP contribution >= 0.6 is 0 Å². The molecule has 4 heteroatoms.